The lowest BCUT2D eigenvalue weighted by atomic mass is 9.72. The molecule has 0 radical (unpaired) electrons. The van der Waals surface area contributed by atoms with E-state index < -0.39 is 5.54 Å². The maximum atomic E-state index is 13.2. The van der Waals surface area contributed by atoms with E-state index in [1.165, 1.54) is 12.1 Å². The molecule has 88 valence electrons. The van der Waals surface area contributed by atoms with E-state index in [0.29, 0.717) is 0 Å². The fraction of sp³-hybridized carbons (Fsp3) is 0.333. The maximum absolute atomic E-state index is 13.2. The molecule has 0 bridgehead atoms. The van der Waals surface area contributed by atoms with Gasteiger partial charge in [0.1, 0.15) is 5.82 Å². The van der Waals surface area contributed by atoms with Gasteiger partial charge in [0.15, 0.2) is 6.19 Å². The number of nitrogens with zero attached hydrogens (tertiary/aromatic N) is 2. The average Bonchev–Trinajstić information content (AvgIpc) is 2.24. The topological polar surface area (TPSA) is 74.2 Å². The first kappa shape index (κ1) is 11.4. The molecule has 0 saturated heterocycles. The molecule has 0 aromatic heterocycles. The maximum Gasteiger partial charge on any atom is 0.202 e. The minimum absolute atomic E-state index is 0.0801. The van der Waals surface area contributed by atoms with Gasteiger partial charge in [0.2, 0.25) is 5.96 Å². The Kier molecular flexibility index (Phi) is 2.96. The van der Waals surface area contributed by atoms with Gasteiger partial charge in [-0.15, -0.1) is 0 Å². The fourth-order valence-electron chi connectivity index (χ4n) is 2.07. The van der Waals surface area contributed by atoms with Gasteiger partial charge in [-0.1, -0.05) is 12.1 Å². The van der Waals surface area contributed by atoms with Crippen LogP contribution in [0.3, 0.4) is 0 Å². The van der Waals surface area contributed by atoms with E-state index in [2.05, 4.69) is 10.3 Å². The van der Waals surface area contributed by atoms with Gasteiger partial charge in [0.25, 0.3) is 0 Å². The Bertz CT molecular complexity index is 486. The average molecular weight is 232 g/mol. The Labute approximate surface area is 99.0 Å². The van der Waals surface area contributed by atoms with Crippen LogP contribution in [0.2, 0.25) is 0 Å². The molecule has 1 aromatic rings. The zero-order valence-corrected chi connectivity index (χ0v) is 9.28. The highest BCUT2D eigenvalue weighted by Crippen LogP contribution is 2.44. The number of benzene rings is 1. The number of nitrogens with one attached hydrogen (secondary N) is 1. The van der Waals surface area contributed by atoms with Crippen LogP contribution >= 0.6 is 0 Å². The van der Waals surface area contributed by atoms with Crippen molar-refractivity contribution in [1.82, 2.24) is 5.32 Å². The van der Waals surface area contributed by atoms with Gasteiger partial charge in [-0.25, -0.2) is 9.38 Å². The second-order valence-electron chi connectivity index (χ2n) is 4.13. The first-order valence-electron chi connectivity index (χ1n) is 5.43. The van der Waals surface area contributed by atoms with Crippen molar-refractivity contribution in [3.8, 4) is 6.19 Å². The predicted octanol–water partition coefficient (Wildman–Crippen LogP) is 1.59. The molecular weight excluding hydrogens is 219 g/mol. The normalized spacial score (nSPS) is 18.0. The molecule has 1 aromatic carbocycles. The van der Waals surface area contributed by atoms with E-state index in [0.717, 1.165) is 24.8 Å². The van der Waals surface area contributed by atoms with E-state index in [9.17, 15) is 4.39 Å². The molecule has 0 atom stereocenters. The van der Waals surface area contributed by atoms with Crippen molar-refractivity contribution in [2.45, 2.75) is 24.8 Å². The highest BCUT2D eigenvalue weighted by molar-refractivity contribution is 5.80. The fourth-order valence-corrected chi connectivity index (χ4v) is 2.07. The van der Waals surface area contributed by atoms with E-state index >= 15 is 0 Å². The number of hydrogen-bond donors (Lipinski definition) is 2. The number of nitriles is 1. The molecule has 17 heavy (non-hydrogen) atoms. The molecule has 1 saturated carbocycles. The van der Waals surface area contributed by atoms with Crippen LogP contribution in [0, 0.1) is 17.3 Å². The highest BCUT2D eigenvalue weighted by atomic mass is 19.1. The van der Waals surface area contributed by atoms with E-state index in [1.807, 2.05) is 6.07 Å². The third kappa shape index (κ3) is 2.21. The molecule has 0 heterocycles. The molecule has 0 spiro atoms. The lowest BCUT2D eigenvalue weighted by molar-refractivity contribution is 0.255. The van der Waals surface area contributed by atoms with Crippen LogP contribution in [0.15, 0.2) is 29.3 Å². The highest BCUT2D eigenvalue weighted by Gasteiger charge is 2.39. The first-order valence-corrected chi connectivity index (χ1v) is 5.43. The smallest absolute Gasteiger partial charge is 0.202 e. The molecule has 1 aliphatic rings. The third-order valence-electron chi connectivity index (χ3n) is 3.06. The molecule has 4 nitrogen and oxygen atoms in total. The summed E-state index contributed by atoms with van der Waals surface area (Å²) in [6.07, 6.45) is 4.40. The first-order chi connectivity index (χ1) is 8.16. The van der Waals surface area contributed by atoms with E-state index in [-0.39, 0.29) is 11.8 Å². The Morgan fingerprint density at radius 3 is 2.82 bits per heavy atom. The Hall–Kier alpha value is -2.09. The Morgan fingerprint density at radius 1 is 1.53 bits per heavy atom. The second kappa shape index (κ2) is 4.42. The Balaban J connectivity index is 2.32. The van der Waals surface area contributed by atoms with Gasteiger partial charge < -0.3 is 5.73 Å². The zero-order valence-electron chi connectivity index (χ0n) is 9.28. The Morgan fingerprint density at radius 2 is 2.29 bits per heavy atom. The molecular formula is C12H13FN4. The van der Waals surface area contributed by atoms with Crippen molar-refractivity contribution in [3.05, 3.63) is 35.6 Å². The van der Waals surface area contributed by atoms with Gasteiger partial charge >= 0.3 is 0 Å². The summed E-state index contributed by atoms with van der Waals surface area (Å²) in [5.41, 5.74) is 5.93. The third-order valence-corrected chi connectivity index (χ3v) is 3.06. The molecule has 0 aliphatic heterocycles. The lowest BCUT2D eigenvalue weighted by Crippen LogP contribution is -2.38. The largest absolute Gasteiger partial charge is 0.369 e. The van der Waals surface area contributed by atoms with Crippen molar-refractivity contribution in [2.75, 3.05) is 0 Å². The van der Waals surface area contributed by atoms with Crippen LogP contribution in [0.5, 0.6) is 0 Å². The van der Waals surface area contributed by atoms with Crippen LogP contribution in [0.4, 0.5) is 4.39 Å². The summed E-state index contributed by atoms with van der Waals surface area (Å²) in [4.78, 5) is 4.31. The van der Waals surface area contributed by atoms with Gasteiger partial charge in [0, 0.05) is 0 Å². The van der Waals surface area contributed by atoms with Crippen molar-refractivity contribution in [3.63, 3.8) is 0 Å². The van der Waals surface area contributed by atoms with Gasteiger partial charge in [0.05, 0.1) is 5.54 Å². The number of hydrogen-bond acceptors (Lipinski definition) is 2. The van der Waals surface area contributed by atoms with Crippen molar-refractivity contribution >= 4 is 5.96 Å². The quantitative estimate of drug-likeness (QED) is 0.352. The SMILES string of the molecule is N#CNC(N)=NC1(c2cccc(F)c2)CCC1. The number of rotatable bonds is 2. The number of halogens is 1. The molecule has 5 heteroatoms. The summed E-state index contributed by atoms with van der Waals surface area (Å²) in [6, 6.07) is 6.37. The van der Waals surface area contributed by atoms with Gasteiger partial charge in [-0.05, 0) is 37.0 Å². The minimum atomic E-state index is -0.462. The zero-order chi connectivity index (χ0) is 12.3. The number of guanidine groups is 1. The monoisotopic (exact) mass is 232 g/mol. The van der Waals surface area contributed by atoms with Crippen LogP contribution < -0.4 is 11.1 Å². The van der Waals surface area contributed by atoms with Crippen LogP contribution in [-0.2, 0) is 5.54 Å². The van der Waals surface area contributed by atoms with E-state index in [4.69, 9.17) is 11.0 Å². The lowest BCUT2D eigenvalue weighted by Gasteiger charge is -2.38. The van der Waals surface area contributed by atoms with Crippen LogP contribution in [-0.4, -0.2) is 5.96 Å². The van der Waals surface area contributed by atoms with Crippen LogP contribution in [0.25, 0.3) is 0 Å². The summed E-state index contributed by atoms with van der Waals surface area (Å²) in [7, 11) is 0. The molecule has 0 unspecified atom stereocenters. The molecule has 1 fully saturated rings. The number of aliphatic imine (C=N–C) groups is 1. The van der Waals surface area contributed by atoms with Gasteiger partial charge in [-0.2, -0.15) is 5.26 Å². The van der Waals surface area contributed by atoms with Crippen molar-refractivity contribution < 1.29 is 4.39 Å². The minimum Gasteiger partial charge on any atom is -0.369 e. The molecule has 2 rings (SSSR count). The van der Waals surface area contributed by atoms with Crippen LogP contribution in [0.1, 0.15) is 24.8 Å². The summed E-state index contributed by atoms with van der Waals surface area (Å²) < 4.78 is 13.2. The summed E-state index contributed by atoms with van der Waals surface area (Å²) in [6.45, 7) is 0. The van der Waals surface area contributed by atoms with E-state index in [1.54, 1.807) is 12.3 Å². The van der Waals surface area contributed by atoms with Crippen molar-refractivity contribution in [1.29, 1.82) is 5.26 Å². The molecule has 0 amide bonds. The summed E-state index contributed by atoms with van der Waals surface area (Å²) >= 11 is 0. The molecule has 1 aliphatic carbocycles. The van der Waals surface area contributed by atoms with Crippen molar-refractivity contribution in [2.24, 2.45) is 10.7 Å². The number of nitrogens with two attached hydrogens (primary N) is 1. The van der Waals surface area contributed by atoms with Gasteiger partial charge in [-0.3, -0.25) is 5.32 Å². The molecule has 3 N–H and O–H groups in total. The summed E-state index contributed by atoms with van der Waals surface area (Å²) in [5, 5.41) is 10.8. The second-order valence-corrected chi connectivity index (χ2v) is 4.13. The summed E-state index contributed by atoms with van der Waals surface area (Å²) in [5.74, 6) is -0.202. The standard InChI is InChI=1S/C12H13FN4/c13-10-4-1-3-9(7-10)12(5-2-6-12)17-11(15)16-8-14/h1,3-4,7H,2,5-6H2,(H3,15,16,17). The predicted molar refractivity (Wildman–Crippen MR) is 62.3 cm³/mol.